The molecule has 2 bridgehead atoms. The number of hydrogen-bond donors (Lipinski definition) is 1. The van der Waals surface area contributed by atoms with Gasteiger partial charge in [-0.2, -0.15) is 0 Å². The van der Waals surface area contributed by atoms with Gasteiger partial charge in [0, 0.05) is 31.7 Å². The number of aromatic nitrogens is 3. The highest BCUT2D eigenvalue weighted by Gasteiger charge is 2.35. The first-order valence-electron chi connectivity index (χ1n) is 11.8. The Balaban J connectivity index is 1.24. The molecule has 4 aromatic rings. The Bertz CT molecular complexity index is 1420. The van der Waals surface area contributed by atoms with Crippen molar-refractivity contribution in [3.8, 4) is 0 Å². The summed E-state index contributed by atoms with van der Waals surface area (Å²) in [5, 5.41) is 5.63. The lowest BCUT2D eigenvalue weighted by atomic mass is 9.93. The van der Waals surface area contributed by atoms with Crippen molar-refractivity contribution in [1.29, 1.82) is 0 Å². The summed E-state index contributed by atoms with van der Waals surface area (Å²) in [7, 11) is 1.86. The van der Waals surface area contributed by atoms with Gasteiger partial charge in [-0.1, -0.05) is 30.4 Å². The van der Waals surface area contributed by atoms with Crippen LogP contribution in [0.15, 0.2) is 55.0 Å². The molecule has 34 heavy (non-hydrogen) atoms. The van der Waals surface area contributed by atoms with Gasteiger partial charge < -0.3 is 10.2 Å². The zero-order valence-electron chi connectivity index (χ0n) is 19.4. The molecule has 3 heterocycles. The van der Waals surface area contributed by atoms with Gasteiger partial charge in [-0.15, -0.1) is 11.3 Å². The summed E-state index contributed by atoms with van der Waals surface area (Å²) in [5.41, 5.74) is 2.98. The molecule has 3 aromatic heterocycles. The number of nitrogens with one attached hydrogen (secondary N) is 1. The fourth-order valence-corrected chi connectivity index (χ4v) is 6.72. The maximum absolute atomic E-state index is 13.5. The predicted octanol–water partition coefficient (Wildman–Crippen LogP) is 5.44. The van der Waals surface area contributed by atoms with Crippen molar-refractivity contribution >= 4 is 44.2 Å². The third-order valence-electron chi connectivity index (χ3n) is 7.36. The van der Waals surface area contributed by atoms with Gasteiger partial charge >= 0.3 is 0 Å². The van der Waals surface area contributed by atoms with Crippen LogP contribution < -0.4 is 5.32 Å². The van der Waals surface area contributed by atoms with Crippen molar-refractivity contribution in [3.05, 3.63) is 71.0 Å². The first-order chi connectivity index (χ1) is 16.6. The molecule has 1 fully saturated rings. The molecule has 1 amide bonds. The van der Waals surface area contributed by atoms with Crippen LogP contribution in [-0.4, -0.2) is 39.4 Å². The molecule has 0 spiro atoms. The minimum atomic E-state index is 0.00517. The summed E-state index contributed by atoms with van der Waals surface area (Å²) in [4.78, 5) is 30.3. The van der Waals surface area contributed by atoms with Crippen LogP contribution in [-0.2, 0) is 6.54 Å². The van der Waals surface area contributed by atoms with Gasteiger partial charge in [0.25, 0.3) is 5.91 Å². The molecule has 1 saturated carbocycles. The molecule has 1 N–H and O–H groups in total. The van der Waals surface area contributed by atoms with E-state index in [1.807, 2.05) is 32.2 Å². The van der Waals surface area contributed by atoms with Crippen molar-refractivity contribution in [2.75, 3.05) is 18.9 Å². The summed E-state index contributed by atoms with van der Waals surface area (Å²) in [6, 6.07) is 10.0. The number of carbonyl (C=O) groups is 1. The number of carbonyl (C=O) groups excluding carboxylic acids is 1. The maximum Gasteiger partial charge on any atom is 0.264 e. The van der Waals surface area contributed by atoms with E-state index in [0.29, 0.717) is 18.4 Å². The Morgan fingerprint density at radius 1 is 1.15 bits per heavy atom. The standard InChI is InChI=1S/C27H27N5OS/c1-16-23-25(29-13-20-12-17-8-9-18(20)11-17)30-15-31-26(23)34-24(16)27(33)32(2)14-19-5-3-7-22-21(19)6-4-10-28-22/h3-10,15,17-18,20H,11-14H2,1-2H3,(H,29,30,31). The van der Waals surface area contributed by atoms with Gasteiger partial charge in [0.05, 0.1) is 15.8 Å². The van der Waals surface area contributed by atoms with Crippen LogP contribution in [0.3, 0.4) is 0 Å². The van der Waals surface area contributed by atoms with E-state index in [4.69, 9.17) is 0 Å². The minimum absolute atomic E-state index is 0.00517. The zero-order valence-corrected chi connectivity index (χ0v) is 20.2. The van der Waals surface area contributed by atoms with E-state index in [9.17, 15) is 4.79 Å². The number of rotatable bonds is 6. The van der Waals surface area contributed by atoms with E-state index in [1.165, 1.54) is 24.2 Å². The average Bonchev–Trinajstić information content (AvgIpc) is 3.57. The topological polar surface area (TPSA) is 71.0 Å². The highest BCUT2D eigenvalue weighted by Crippen LogP contribution is 2.43. The quantitative estimate of drug-likeness (QED) is 0.381. The van der Waals surface area contributed by atoms with Gasteiger partial charge in [-0.05, 0) is 60.8 Å². The van der Waals surface area contributed by atoms with Crippen LogP contribution in [0.25, 0.3) is 21.1 Å². The van der Waals surface area contributed by atoms with Crippen molar-refractivity contribution in [2.45, 2.75) is 26.3 Å². The number of anilines is 1. The second-order valence-electron chi connectivity index (χ2n) is 9.53. The predicted molar refractivity (Wildman–Crippen MR) is 137 cm³/mol. The molecular weight excluding hydrogens is 442 g/mol. The number of fused-ring (bicyclic) bond motifs is 4. The largest absolute Gasteiger partial charge is 0.369 e. The minimum Gasteiger partial charge on any atom is -0.369 e. The molecule has 6 rings (SSSR count). The third kappa shape index (κ3) is 3.64. The Kier molecular flexibility index (Phi) is 5.29. The van der Waals surface area contributed by atoms with Gasteiger partial charge in [-0.3, -0.25) is 9.78 Å². The molecule has 7 heteroatoms. The van der Waals surface area contributed by atoms with Crippen molar-refractivity contribution in [2.24, 2.45) is 17.8 Å². The van der Waals surface area contributed by atoms with Crippen molar-refractivity contribution < 1.29 is 4.79 Å². The van der Waals surface area contributed by atoms with Crippen LogP contribution in [0.5, 0.6) is 0 Å². The molecule has 2 aliphatic rings. The Labute approximate surface area is 202 Å². The third-order valence-corrected chi connectivity index (χ3v) is 8.55. The number of nitrogens with zero attached hydrogens (tertiary/aromatic N) is 4. The summed E-state index contributed by atoms with van der Waals surface area (Å²) in [5.74, 6) is 2.94. The molecular formula is C27H27N5OS. The number of amides is 1. The fourth-order valence-electron chi connectivity index (χ4n) is 5.57. The number of benzene rings is 1. The molecule has 0 radical (unpaired) electrons. The first-order valence-corrected chi connectivity index (χ1v) is 12.6. The van der Waals surface area contributed by atoms with E-state index in [-0.39, 0.29) is 5.91 Å². The molecule has 3 unspecified atom stereocenters. The number of pyridine rings is 1. The van der Waals surface area contributed by atoms with E-state index < -0.39 is 0 Å². The highest BCUT2D eigenvalue weighted by molar-refractivity contribution is 7.20. The summed E-state index contributed by atoms with van der Waals surface area (Å²) in [6.07, 6.45) is 10.7. The van der Waals surface area contributed by atoms with E-state index in [1.54, 1.807) is 17.4 Å². The van der Waals surface area contributed by atoms with Gasteiger partial charge in [0.15, 0.2) is 0 Å². The van der Waals surface area contributed by atoms with E-state index >= 15 is 0 Å². The van der Waals surface area contributed by atoms with E-state index in [2.05, 4.69) is 44.6 Å². The van der Waals surface area contributed by atoms with Gasteiger partial charge in [0.1, 0.15) is 17.0 Å². The lowest BCUT2D eigenvalue weighted by molar-refractivity contribution is 0.0790. The number of aryl methyl sites for hydroxylation is 1. The molecule has 172 valence electrons. The lowest BCUT2D eigenvalue weighted by Gasteiger charge is -2.19. The summed E-state index contributed by atoms with van der Waals surface area (Å²) < 4.78 is 0. The zero-order chi connectivity index (χ0) is 23.2. The van der Waals surface area contributed by atoms with Gasteiger partial charge in [0.2, 0.25) is 0 Å². The van der Waals surface area contributed by atoms with Gasteiger partial charge in [-0.25, -0.2) is 9.97 Å². The smallest absolute Gasteiger partial charge is 0.264 e. The van der Waals surface area contributed by atoms with Crippen LogP contribution in [0.4, 0.5) is 5.82 Å². The Morgan fingerprint density at radius 2 is 2.06 bits per heavy atom. The molecule has 6 nitrogen and oxygen atoms in total. The highest BCUT2D eigenvalue weighted by atomic mass is 32.1. The Morgan fingerprint density at radius 3 is 2.88 bits per heavy atom. The van der Waals surface area contributed by atoms with Crippen LogP contribution in [0, 0.1) is 24.7 Å². The van der Waals surface area contributed by atoms with Crippen LogP contribution in [0.2, 0.25) is 0 Å². The summed E-state index contributed by atoms with van der Waals surface area (Å²) in [6.45, 7) is 3.44. The van der Waals surface area contributed by atoms with E-state index in [0.717, 1.165) is 55.4 Å². The van der Waals surface area contributed by atoms with Crippen molar-refractivity contribution in [1.82, 2.24) is 19.9 Å². The SMILES string of the molecule is Cc1c(C(=O)N(C)Cc2cccc3ncccc23)sc2ncnc(NCC3CC4C=CC3C4)c12. The first kappa shape index (κ1) is 21.2. The molecule has 1 aromatic carbocycles. The number of hydrogen-bond acceptors (Lipinski definition) is 6. The number of thiophene rings is 1. The Hall–Kier alpha value is -3.32. The lowest BCUT2D eigenvalue weighted by Crippen LogP contribution is -2.26. The molecule has 0 saturated heterocycles. The second-order valence-corrected chi connectivity index (χ2v) is 10.5. The molecule has 2 aliphatic carbocycles. The number of allylic oxidation sites excluding steroid dienone is 2. The van der Waals surface area contributed by atoms with Crippen molar-refractivity contribution in [3.63, 3.8) is 0 Å². The van der Waals surface area contributed by atoms with Crippen LogP contribution >= 0.6 is 11.3 Å². The molecule has 0 aliphatic heterocycles. The monoisotopic (exact) mass is 469 g/mol. The summed E-state index contributed by atoms with van der Waals surface area (Å²) >= 11 is 1.45. The normalized spacial score (nSPS) is 20.9. The average molecular weight is 470 g/mol. The maximum atomic E-state index is 13.5. The fraction of sp³-hybridized carbons (Fsp3) is 0.333. The molecule has 3 atom stereocenters. The second kappa shape index (κ2) is 8.47. The van der Waals surface area contributed by atoms with Crippen LogP contribution in [0.1, 0.15) is 33.6 Å².